The topological polar surface area (TPSA) is 93.1 Å². The second-order valence-electron chi connectivity index (χ2n) is 4.18. The summed E-state index contributed by atoms with van der Waals surface area (Å²) in [5.41, 5.74) is 0.465. The molecule has 6 nitrogen and oxygen atoms in total. The molecule has 108 valence electrons. The molecular weight excluding hydrogens is 264 g/mol. The molecule has 0 radical (unpaired) electrons. The Morgan fingerprint density at radius 3 is 2.30 bits per heavy atom. The van der Waals surface area contributed by atoms with Gasteiger partial charge >= 0.3 is 11.9 Å². The number of phenols is 1. The number of benzene rings is 1. The molecule has 0 heterocycles. The van der Waals surface area contributed by atoms with E-state index in [2.05, 4.69) is 6.58 Å². The van der Waals surface area contributed by atoms with Gasteiger partial charge in [0.25, 0.3) is 0 Å². The lowest BCUT2D eigenvalue weighted by Crippen LogP contribution is -2.25. The van der Waals surface area contributed by atoms with E-state index < -0.39 is 18.0 Å². The van der Waals surface area contributed by atoms with Gasteiger partial charge in [0, 0.05) is 5.57 Å². The molecule has 0 saturated carbocycles. The lowest BCUT2D eigenvalue weighted by Gasteiger charge is -2.12. The zero-order chi connectivity index (χ0) is 15.1. The monoisotopic (exact) mass is 280 g/mol. The zero-order valence-electron chi connectivity index (χ0n) is 11.0. The van der Waals surface area contributed by atoms with Crippen LogP contribution in [0.1, 0.15) is 17.3 Å². The van der Waals surface area contributed by atoms with E-state index >= 15 is 0 Å². The summed E-state index contributed by atoms with van der Waals surface area (Å²) in [6.45, 7) is 4.29. The second kappa shape index (κ2) is 7.30. The minimum Gasteiger partial charge on any atom is -0.508 e. The van der Waals surface area contributed by atoms with Crippen molar-refractivity contribution in [3.8, 4) is 5.75 Å². The van der Waals surface area contributed by atoms with Gasteiger partial charge in [-0.05, 0) is 31.2 Å². The first-order valence-electron chi connectivity index (χ1n) is 5.87. The Kier molecular flexibility index (Phi) is 5.74. The van der Waals surface area contributed by atoms with Crippen LogP contribution in [0.5, 0.6) is 5.75 Å². The summed E-state index contributed by atoms with van der Waals surface area (Å²) in [7, 11) is 0. The van der Waals surface area contributed by atoms with Gasteiger partial charge in [-0.3, -0.25) is 0 Å². The highest BCUT2D eigenvalue weighted by Gasteiger charge is 2.13. The number of carbonyl (C=O) groups excluding carboxylic acids is 2. The van der Waals surface area contributed by atoms with Gasteiger partial charge in [0.1, 0.15) is 25.1 Å². The molecule has 1 rings (SSSR count). The molecule has 1 aromatic carbocycles. The minimum absolute atomic E-state index is 0.0355. The standard InChI is InChI=1S/C14H16O6/c1-9(2)13(17)19-7-12(16)8-20-14(18)10-3-5-11(15)6-4-10/h3-6,12,15-16H,1,7-8H2,2H3/t12-/m1/s1. The van der Waals surface area contributed by atoms with Crippen LogP contribution in [0, 0.1) is 0 Å². The van der Waals surface area contributed by atoms with Gasteiger partial charge in [-0.25, -0.2) is 9.59 Å². The van der Waals surface area contributed by atoms with Crippen LogP contribution in [-0.4, -0.2) is 41.5 Å². The van der Waals surface area contributed by atoms with Crippen LogP contribution >= 0.6 is 0 Å². The summed E-state index contributed by atoms with van der Waals surface area (Å²) in [6.07, 6.45) is -1.11. The van der Waals surface area contributed by atoms with E-state index in [4.69, 9.17) is 14.6 Å². The molecule has 6 heteroatoms. The van der Waals surface area contributed by atoms with Crippen molar-refractivity contribution in [2.24, 2.45) is 0 Å². The largest absolute Gasteiger partial charge is 0.508 e. The Morgan fingerprint density at radius 1 is 1.20 bits per heavy atom. The van der Waals surface area contributed by atoms with Gasteiger partial charge < -0.3 is 19.7 Å². The van der Waals surface area contributed by atoms with E-state index in [0.29, 0.717) is 0 Å². The summed E-state index contributed by atoms with van der Waals surface area (Å²) in [5, 5.41) is 18.6. The Hall–Kier alpha value is -2.34. The highest BCUT2D eigenvalue weighted by Crippen LogP contribution is 2.10. The van der Waals surface area contributed by atoms with Crippen LogP contribution in [0.4, 0.5) is 0 Å². The number of hydrogen-bond donors (Lipinski definition) is 2. The van der Waals surface area contributed by atoms with E-state index in [1.165, 1.54) is 31.2 Å². The number of phenolic OH excluding ortho intramolecular Hbond substituents is 1. The van der Waals surface area contributed by atoms with Crippen molar-refractivity contribution in [3.05, 3.63) is 42.0 Å². The fourth-order valence-corrected chi connectivity index (χ4v) is 1.20. The number of aliphatic hydroxyl groups excluding tert-OH is 1. The van der Waals surface area contributed by atoms with Gasteiger partial charge in [0.2, 0.25) is 0 Å². The van der Waals surface area contributed by atoms with E-state index in [9.17, 15) is 14.7 Å². The molecule has 0 bridgehead atoms. The number of rotatable bonds is 6. The molecule has 0 aliphatic heterocycles. The van der Waals surface area contributed by atoms with E-state index in [0.717, 1.165) is 0 Å². The van der Waals surface area contributed by atoms with Crippen molar-refractivity contribution >= 4 is 11.9 Å². The smallest absolute Gasteiger partial charge is 0.338 e. The Balaban J connectivity index is 2.35. The fourth-order valence-electron chi connectivity index (χ4n) is 1.20. The van der Waals surface area contributed by atoms with Crippen LogP contribution in [-0.2, 0) is 14.3 Å². The number of hydrogen-bond acceptors (Lipinski definition) is 6. The van der Waals surface area contributed by atoms with Crippen LogP contribution < -0.4 is 0 Å². The second-order valence-corrected chi connectivity index (χ2v) is 4.18. The van der Waals surface area contributed by atoms with Crippen LogP contribution in [0.3, 0.4) is 0 Å². The zero-order valence-corrected chi connectivity index (χ0v) is 11.0. The predicted molar refractivity (Wildman–Crippen MR) is 70.2 cm³/mol. The molecule has 20 heavy (non-hydrogen) atoms. The highest BCUT2D eigenvalue weighted by molar-refractivity contribution is 5.89. The van der Waals surface area contributed by atoms with E-state index in [1.54, 1.807) is 0 Å². The first-order valence-corrected chi connectivity index (χ1v) is 5.87. The first-order chi connectivity index (χ1) is 9.40. The molecule has 1 atom stereocenters. The van der Waals surface area contributed by atoms with Gasteiger partial charge in [-0.1, -0.05) is 6.58 Å². The van der Waals surface area contributed by atoms with Crippen LogP contribution in [0.15, 0.2) is 36.4 Å². The number of esters is 2. The average molecular weight is 280 g/mol. The maximum Gasteiger partial charge on any atom is 0.338 e. The Morgan fingerprint density at radius 2 is 1.75 bits per heavy atom. The van der Waals surface area contributed by atoms with Crippen molar-refractivity contribution in [1.29, 1.82) is 0 Å². The van der Waals surface area contributed by atoms with Crippen molar-refractivity contribution in [2.45, 2.75) is 13.0 Å². The summed E-state index contributed by atoms with van der Waals surface area (Å²) in [4.78, 5) is 22.6. The van der Waals surface area contributed by atoms with Crippen molar-refractivity contribution < 1.29 is 29.3 Å². The first kappa shape index (κ1) is 15.7. The van der Waals surface area contributed by atoms with E-state index in [-0.39, 0.29) is 30.1 Å². The third kappa shape index (κ3) is 5.11. The van der Waals surface area contributed by atoms with Crippen LogP contribution in [0.2, 0.25) is 0 Å². The fraction of sp³-hybridized carbons (Fsp3) is 0.286. The SMILES string of the molecule is C=C(C)C(=O)OC[C@@H](O)COC(=O)c1ccc(O)cc1. The Labute approximate surface area is 116 Å². The van der Waals surface area contributed by atoms with Gasteiger partial charge in [-0.15, -0.1) is 0 Å². The van der Waals surface area contributed by atoms with Crippen molar-refractivity contribution in [2.75, 3.05) is 13.2 Å². The number of aromatic hydroxyl groups is 1. The summed E-state index contributed by atoms with van der Waals surface area (Å²) < 4.78 is 9.54. The molecule has 0 spiro atoms. The molecule has 1 aromatic rings. The average Bonchev–Trinajstić information content (AvgIpc) is 2.42. The highest BCUT2D eigenvalue weighted by atomic mass is 16.6. The molecule has 0 aliphatic rings. The molecular formula is C14H16O6. The Bertz CT molecular complexity index is 491. The third-order valence-electron chi connectivity index (χ3n) is 2.27. The molecule has 0 unspecified atom stereocenters. The summed E-state index contributed by atoms with van der Waals surface area (Å²) >= 11 is 0. The minimum atomic E-state index is -1.11. The number of aliphatic hydroxyl groups is 1. The normalized spacial score (nSPS) is 11.5. The van der Waals surface area contributed by atoms with E-state index in [1.807, 2.05) is 0 Å². The van der Waals surface area contributed by atoms with Gasteiger partial charge in [-0.2, -0.15) is 0 Å². The maximum atomic E-state index is 11.6. The number of ether oxygens (including phenoxy) is 2. The van der Waals surface area contributed by atoms with Crippen molar-refractivity contribution in [1.82, 2.24) is 0 Å². The maximum absolute atomic E-state index is 11.6. The molecule has 0 aliphatic carbocycles. The molecule has 2 N–H and O–H groups in total. The lowest BCUT2D eigenvalue weighted by atomic mass is 10.2. The molecule has 0 fully saturated rings. The molecule has 0 amide bonds. The third-order valence-corrected chi connectivity index (χ3v) is 2.27. The summed E-state index contributed by atoms with van der Waals surface area (Å²) in [6, 6.07) is 5.49. The number of carbonyl (C=O) groups is 2. The quantitative estimate of drug-likeness (QED) is 0.597. The van der Waals surface area contributed by atoms with Crippen molar-refractivity contribution in [3.63, 3.8) is 0 Å². The predicted octanol–water partition coefficient (Wildman–Crippen LogP) is 1.03. The van der Waals surface area contributed by atoms with Crippen LogP contribution in [0.25, 0.3) is 0 Å². The summed E-state index contributed by atoms with van der Waals surface area (Å²) in [5.74, 6) is -1.22. The lowest BCUT2D eigenvalue weighted by molar-refractivity contribution is -0.142. The van der Waals surface area contributed by atoms with Gasteiger partial charge in [0.15, 0.2) is 0 Å². The molecule has 0 saturated heterocycles. The molecule has 0 aromatic heterocycles. The van der Waals surface area contributed by atoms with Gasteiger partial charge in [0.05, 0.1) is 5.56 Å².